The van der Waals surface area contributed by atoms with Crippen LogP contribution in [0.1, 0.15) is 29.6 Å². The minimum absolute atomic E-state index is 0.0868. The summed E-state index contributed by atoms with van der Waals surface area (Å²) in [6, 6.07) is 4.85. The lowest BCUT2D eigenvalue weighted by Gasteiger charge is -2.11. The van der Waals surface area contributed by atoms with E-state index in [1.165, 1.54) is 18.6 Å². The number of nitrogens with one attached hydrogen (secondary N) is 2. The Kier molecular flexibility index (Phi) is 4.72. The second-order valence-electron chi connectivity index (χ2n) is 4.46. The monoisotopic (exact) mass is 314 g/mol. The third kappa shape index (κ3) is 3.53. The molecule has 0 spiro atoms. The average molecular weight is 315 g/mol. The fraction of sp³-hybridized carbons (Fsp3) is 0.462. The van der Waals surface area contributed by atoms with Crippen molar-refractivity contribution in [1.29, 1.82) is 0 Å². The van der Waals surface area contributed by atoms with E-state index in [9.17, 15) is 9.18 Å². The third-order valence-electron chi connectivity index (χ3n) is 3.11. The van der Waals surface area contributed by atoms with Gasteiger partial charge in [0.05, 0.1) is 5.56 Å². The van der Waals surface area contributed by atoms with Gasteiger partial charge in [0.15, 0.2) is 0 Å². The van der Waals surface area contributed by atoms with Gasteiger partial charge in [0.1, 0.15) is 5.82 Å². The zero-order valence-corrected chi connectivity index (χ0v) is 11.6. The second-order valence-corrected chi connectivity index (χ2v) is 5.38. The molecule has 0 radical (unpaired) electrons. The molecular formula is C13H16BrFN2O. The van der Waals surface area contributed by atoms with Crippen molar-refractivity contribution in [1.82, 2.24) is 10.6 Å². The lowest BCUT2D eigenvalue weighted by atomic mass is 10.1. The summed E-state index contributed by atoms with van der Waals surface area (Å²) < 4.78 is 14.2. The van der Waals surface area contributed by atoms with Gasteiger partial charge in [0.25, 0.3) is 5.91 Å². The van der Waals surface area contributed by atoms with Gasteiger partial charge in [0.2, 0.25) is 0 Å². The summed E-state index contributed by atoms with van der Waals surface area (Å²) in [5.74, 6) is -0.846. The SMILES string of the molecule is O=C(NCC[C@H]1CCCN1)c1cc(Br)ccc1F. The van der Waals surface area contributed by atoms with E-state index in [1.54, 1.807) is 6.07 Å². The van der Waals surface area contributed by atoms with Gasteiger partial charge in [-0.3, -0.25) is 4.79 Å². The molecule has 2 rings (SSSR count). The maximum Gasteiger partial charge on any atom is 0.254 e. The largest absolute Gasteiger partial charge is 0.352 e. The highest BCUT2D eigenvalue weighted by atomic mass is 79.9. The molecule has 98 valence electrons. The van der Waals surface area contributed by atoms with Gasteiger partial charge in [-0.25, -0.2) is 4.39 Å². The third-order valence-corrected chi connectivity index (χ3v) is 3.61. The number of carbonyl (C=O) groups excluding carboxylic acids is 1. The Hall–Kier alpha value is -0.940. The van der Waals surface area contributed by atoms with Crippen LogP contribution in [0.3, 0.4) is 0 Å². The van der Waals surface area contributed by atoms with Crippen LogP contribution in [-0.4, -0.2) is 25.0 Å². The van der Waals surface area contributed by atoms with Crippen molar-refractivity contribution in [2.75, 3.05) is 13.1 Å². The molecule has 1 saturated heterocycles. The van der Waals surface area contributed by atoms with Crippen molar-refractivity contribution in [3.63, 3.8) is 0 Å². The van der Waals surface area contributed by atoms with E-state index >= 15 is 0 Å². The Labute approximate surface area is 114 Å². The molecule has 1 aromatic carbocycles. The highest BCUT2D eigenvalue weighted by Crippen LogP contribution is 2.15. The van der Waals surface area contributed by atoms with E-state index in [0.29, 0.717) is 17.1 Å². The zero-order valence-electron chi connectivity index (χ0n) is 10.0. The molecule has 1 fully saturated rings. The topological polar surface area (TPSA) is 41.1 Å². The van der Waals surface area contributed by atoms with E-state index in [1.807, 2.05) is 0 Å². The Morgan fingerprint density at radius 1 is 1.56 bits per heavy atom. The fourth-order valence-corrected chi connectivity index (χ4v) is 2.49. The molecule has 1 aliphatic heterocycles. The van der Waals surface area contributed by atoms with E-state index in [2.05, 4.69) is 26.6 Å². The van der Waals surface area contributed by atoms with Crippen molar-refractivity contribution in [2.45, 2.75) is 25.3 Å². The molecule has 5 heteroatoms. The van der Waals surface area contributed by atoms with Crippen molar-refractivity contribution in [3.05, 3.63) is 34.1 Å². The first-order chi connectivity index (χ1) is 8.66. The maximum absolute atomic E-state index is 13.5. The van der Waals surface area contributed by atoms with Crippen molar-refractivity contribution in [3.8, 4) is 0 Å². The highest BCUT2D eigenvalue weighted by Gasteiger charge is 2.15. The van der Waals surface area contributed by atoms with E-state index in [-0.39, 0.29) is 11.5 Å². The molecule has 1 atom stereocenters. The molecule has 2 N–H and O–H groups in total. The molecule has 0 aromatic heterocycles. The summed E-state index contributed by atoms with van der Waals surface area (Å²) in [6.07, 6.45) is 3.24. The zero-order chi connectivity index (χ0) is 13.0. The summed E-state index contributed by atoms with van der Waals surface area (Å²) in [5.41, 5.74) is 0.0868. The predicted octanol–water partition coefficient (Wildman–Crippen LogP) is 2.46. The van der Waals surface area contributed by atoms with Gasteiger partial charge in [-0.1, -0.05) is 15.9 Å². The van der Waals surface area contributed by atoms with Crippen LogP contribution < -0.4 is 10.6 Å². The van der Waals surface area contributed by atoms with Crippen LogP contribution >= 0.6 is 15.9 Å². The standard InChI is InChI=1S/C13H16BrFN2O/c14-9-3-4-12(15)11(8-9)13(18)17-7-5-10-2-1-6-16-10/h3-4,8,10,16H,1-2,5-7H2,(H,17,18)/t10-/m1/s1. The molecule has 0 unspecified atom stereocenters. The molecule has 3 nitrogen and oxygen atoms in total. The van der Waals surface area contributed by atoms with Gasteiger partial charge in [-0.15, -0.1) is 0 Å². The summed E-state index contributed by atoms with van der Waals surface area (Å²) in [6.45, 7) is 1.63. The van der Waals surface area contributed by atoms with E-state index < -0.39 is 5.82 Å². The van der Waals surface area contributed by atoms with Crippen LogP contribution in [0, 0.1) is 5.82 Å². The highest BCUT2D eigenvalue weighted by molar-refractivity contribution is 9.10. The molecule has 0 bridgehead atoms. The summed E-state index contributed by atoms with van der Waals surface area (Å²) >= 11 is 3.23. The minimum Gasteiger partial charge on any atom is -0.352 e. The van der Waals surface area contributed by atoms with Gasteiger partial charge in [-0.2, -0.15) is 0 Å². The number of rotatable bonds is 4. The van der Waals surface area contributed by atoms with Crippen molar-refractivity contribution >= 4 is 21.8 Å². The number of amides is 1. The van der Waals surface area contributed by atoms with Gasteiger partial charge in [0, 0.05) is 17.1 Å². The van der Waals surface area contributed by atoms with Gasteiger partial charge >= 0.3 is 0 Å². The first-order valence-electron chi connectivity index (χ1n) is 6.13. The van der Waals surface area contributed by atoms with Crippen LogP contribution in [0.25, 0.3) is 0 Å². The molecular weight excluding hydrogens is 299 g/mol. The molecule has 1 heterocycles. The van der Waals surface area contributed by atoms with Gasteiger partial charge < -0.3 is 10.6 Å². The molecule has 0 saturated carbocycles. The first kappa shape index (κ1) is 13.5. The molecule has 0 aliphatic carbocycles. The van der Waals surface area contributed by atoms with Crippen LogP contribution in [0.4, 0.5) is 4.39 Å². The minimum atomic E-state index is -0.491. The number of carbonyl (C=O) groups is 1. The Bertz CT molecular complexity index is 433. The average Bonchev–Trinajstić information content (AvgIpc) is 2.85. The number of hydrogen-bond donors (Lipinski definition) is 2. The van der Waals surface area contributed by atoms with Gasteiger partial charge in [-0.05, 0) is 44.0 Å². The quantitative estimate of drug-likeness (QED) is 0.896. The maximum atomic E-state index is 13.5. The lowest BCUT2D eigenvalue weighted by Crippen LogP contribution is -2.31. The second kappa shape index (κ2) is 6.29. The number of halogens is 2. The smallest absolute Gasteiger partial charge is 0.254 e. The Balaban J connectivity index is 1.85. The van der Waals surface area contributed by atoms with Crippen LogP contribution in [0.2, 0.25) is 0 Å². The van der Waals surface area contributed by atoms with E-state index in [0.717, 1.165) is 19.4 Å². The van der Waals surface area contributed by atoms with Crippen LogP contribution in [0.5, 0.6) is 0 Å². The van der Waals surface area contributed by atoms with E-state index in [4.69, 9.17) is 0 Å². The normalized spacial score (nSPS) is 18.9. The summed E-state index contributed by atoms with van der Waals surface area (Å²) in [4.78, 5) is 11.8. The lowest BCUT2D eigenvalue weighted by molar-refractivity contribution is 0.0948. The number of hydrogen-bond acceptors (Lipinski definition) is 2. The van der Waals surface area contributed by atoms with Crippen LogP contribution in [-0.2, 0) is 0 Å². The molecule has 1 aromatic rings. The Morgan fingerprint density at radius 3 is 3.11 bits per heavy atom. The summed E-state index contributed by atoms with van der Waals surface area (Å²) in [7, 11) is 0. The van der Waals surface area contributed by atoms with Crippen molar-refractivity contribution in [2.24, 2.45) is 0 Å². The molecule has 1 aliphatic rings. The summed E-state index contributed by atoms with van der Waals surface area (Å²) in [5, 5.41) is 6.11. The van der Waals surface area contributed by atoms with Crippen molar-refractivity contribution < 1.29 is 9.18 Å². The molecule has 18 heavy (non-hydrogen) atoms. The predicted molar refractivity (Wildman–Crippen MR) is 72.1 cm³/mol. The Morgan fingerprint density at radius 2 is 2.39 bits per heavy atom. The van der Waals surface area contributed by atoms with Crippen LogP contribution in [0.15, 0.2) is 22.7 Å². The number of benzene rings is 1. The fourth-order valence-electron chi connectivity index (χ4n) is 2.13. The molecule has 1 amide bonds. The first-order valence-corrected chi connectivity index (χ1v) is 6.93.